The first-order valence-electron chi connectivity index (χ1n) is 4.61. The minimum absolute atomic E-state index is 0.0541. The van der Waals surface area contributed by atoms with Crippen molar-refractivity contribution in [3.05, 3.63) is 0 Å². The topological polar surface area (TPSA) is 47.6 Å². The maximum Gasteiger partial charge on any atom is 0.245 e. The Morgan fingerprint density at radius 2 is 2.46 bits per heavy atom. The number of methoxy groups -OCH3 is 1. The van der Waals surface area contributed by atoms with Crippen molar-refractivity contribution < 1.29 is 14.3 Å². The molecular formula is C9H17NO3. The second kappa shape index (κ2) is 5.19. The van der Waals surface area contributed by atoms with E-state index in [0.717, 1.165) is 13.0 Å². The van der Waals surface area contributed by atoms with E-state index in [1.54, 1.807) is 0 Å². The first kappa shape index (κ1) is 10.5. The van der Waals surface area contributed by atoms with Gasteiger partial charge in [0.25, 0.3) is 0 Å². The lowest BCUT2D eigenvalue weighted by Gasteiger charge is -2.14. The van der Waals surface area contributed by atoms with Gasteiger partial charge in [-0.15, -0.1) is 0 Å². The molecule has 1 rings (SSSR count). The van der Waals surface area contributed by atoms with E-state index in [0.29, 0.717) is 12.5 Å². The van der Waals surface area contributed by atoms with Gasteiger partial charge in [-0.05, 0) is 13.3 Å². The number of hydrogen-bond acceptors (Lipinski definition) is 3. The van der Waals surface area contributed by atoms with Gasteiger partial charge in [-0.2, -0.15) is 0 Å². The number of rotatable bonds is 4. The lowest BCUT2D eigenvalue weighted by Crippen LogP contribution is -2.34. The van der Waals surface area contributed by atoms with Crippen molar-refractivity contribution in [2.45, 2.75) is 19.4 Å². The highest BCUT2D eigenvalue weighted by atomic mass is 16.5. The molecule has 2 atom stereocenters. The normalized spacial score (nSPS) is 27.5. The number of carbonyl (C=O) groups is 1. The van der Waals surface area contributed by atoms with Gasteiger partial charge in [0.1, 0.15) is 6.61 Å². The van der Waals surface area contributed by atoms with Gasteiger partial charge >= 0.3 is 0 Å². The van der Waals surface area contributed by atoms with Crippen LogP contribution in [0.5, 0.6) is 0 Å². The van der Waals surface area contributed by atoms with E-state index < -0.39 is 0 Å². The number of ether oxygens (including phenoxy) is 2. The largest absolute Gasteiger partial charge is 0.378 e. The molecule has 0 spiro atoms. The zero-order valence-corrected chi connectivity index (χ0v) is 8.21. The summed E-state index contributed by atoms with van der Waals surface area (Å²) in [6, 6.07) is 0. The third-order valence-electron chi connectivity index (χ3n) is 2.37. The van der Waals surface area contributed by atoms with Crippen molar-refractivity contribution in [1.82, 2.24) is 5.32 Å². The van der Waals surface area contributed by atoms with Gasteiger partial charge in [0.15, 0.2) is 0 Å². The van der Waals surface area contributed by atoms with Crippen molar-refractivity contribution in [3.8, 4) is 0 Å². The van der Waals surface area contributed by atoms with E-state index in [1.165, 1.54) is 7.11 Å². The monoisotopic (exact) mass is 187 g/mol. The van der Waals surface area contributed by atoms with Gasteiger partial charge in [0.2, 0.25) is 5.91 Å². The number of carbonyl (C=O) groups excluding carboxylic acids is 1. The summed E-state index contributed by atoms with van der Waals surface area (Å²) >= 11 is 0. The van der Waals surface area contributed by atoms with Crippen LogP contribution in [-0.4, -0.2) is 38.9 Å². The fourth-order valence-corrected chi connectivity index (χ4v) is 1.47. The molecule has 1 aliphatic rings. The Kier molecular flexibility index (Phi) is 4.18. The quantitative estimate of drug-likeness (QED) is 0.682. The van der Waals surface area contributed by atoms with E-state index in [1.807, 2.05) is 6.92 Å². The predicted octanol–water partition coefficient (Wildman–Crippen LogP) is 0.174. The van der Waals surface area contributed by atoms with Crippen LogP contribution < -0.4 is 5.32 Å². The first-order chi connectivity index (χ1) is 6.24. The van der Waals surface area contributed by atoms with Crippen LogP contribution in [-0.2, 0) is 14.3 Å². The van der Waals surface area contributed by atoms with Crippen LogP contribution in [0.4, 0.5) is 0 Å². The van der Waals surface area contributed by atoms with Gasteiger partial charge in [-0.3, -0.25) is 4.79 Å². The Balaban J connectivity index is 2.14. The van der Waals surface area contributed by atoms with E-state index >= 15 is 0 Å². The van der Waals surface area contributed by atoms with Crippen molar-refractivity contribution in [2.24, 2.45) is 5.92 Å². The molecule has 0 bridgehead atoms. The zero-order valence-electron chi connectivity index (χ0n) is 8.21. The molecule has 2 unspecified atom stereocenters. The molecule has 0 saturated carbocycles. The average Bonchev–Trinajstić information content (AvgIpc) is 2.48. The Morgan fingerprint density at radius 3 is 3.00 bits per heavy atom. The summed E-state index contributed by atoms with van der Waals surface area (Å²) in [5.41, 5.74) is 0. The highest BCUT2D eigenvalue weighted by Crippen LogP contribution is 2.18. The molecule has 1 N–H and O–H groups in total. The van der Waals surface area contributed by atoms with Gasteiger partial charge in [-0.1, -0.05) is 0 Å². The number of amides is 1. The van der Waals surface area contributed by atoms with Crippen LogP contribution in [0.25, 0.3) is 0 Å². The lowest BCUT2D eigenvalue weighted by atomic mass is 10.0. The highest BCUT2D eigenvalue weighted by molar-refractivity contribution is 5.77. The fourth-order valence-electron chi connectivity index (χ4n) is 1.47. The molecule has 1 aliphatic heterocycles. The third-order valence-corrected chi connectivity index (χ3v) is 2.37. The summed E-state index contributed by atoms with van der Waals surface area (Å²) in [5, 5.41) is 2.81. The van der Waals surface area contributed by atoms with Crippen LogP contribution in [0.15, 0.2) is 0 Å². The van der Waals surface area contributed by atoms with Gasteiger partial charge in [0, 0.05) is 26.2 Å². The predicted molar refractivity (Wildman–Crippen MR) is 48.4 cm³/mol. The Labute approximate surface area is 78.6 Å². The van der Waals surface area contributed by atoms with Crippen molar-refractivity contribution in [2.75, 3.05) is 26.9 Å². The second-order valence-electron chi connectivity index (χ2n) is 3.36. The Hall–Kier alpha value is -0.610. The molecule has 0 aliphatic carbocycles. The second-order valence-corrected chi connectivity index (χ2v) is 3.36. The zero-order chi connectivity index (χ0) is 9.68. The SMILES string of the molecule is COCC(=O)NCC1CCOC1C. The summed E-state index contributed by atoms with van der Waals surface area (Å²) in [5.74, 6) is 0.405. The standard InChI is InChI=1S/C9H17NO3/c1-7-8(3-4-13-7)5-10-9(11)6-12-2/h7-8H,3-6H2,1-2H3,(H,10,11). The molecule has 0 aromatic heterocycles. The van der Waals surface area contributed by atoms with Crippen molar-refractivity contribution >= 4 is 5.91 Å². The van der Waals surface area contributed by atoms with E-state index in [2.05, 4.69) is 5.32 Å². The van der Waals surface area contributed by atoms with Crippen LogP contribution in [0, 0.1) is 5.92 Å². The molecule has 0 aromatic rings. The van der Waals surface area contributed by atoms with Gasteiger partial charge < -0.3 is 14.8 Å². The summed E-state index contributed by atoms with van der Waals surface area (Å²) in [6.07, 6.45) is 1.30. The maximum absolute atomic E-state index is 11.0. The summed E-state index contributed by atoms with van der Waals surface area (Å²) < 4.78 is 10.1. The third kappa shape index (κ3) is 3.32. The van der Waals surface area contributed by atoms with E-state index in [4.69, 9.17) is 9.47 Å². The van der Waals surface area contributed by atoms with Crippen LogP contribution in [0.2, 0.25) is 0 Å². The molecule has 1 saturated heterocycles. The number of nitrogens with one attached hydrogen (secondary N) is 1. The number of hydrogen-bond donors (Lipinski definition) is 1. The minimum Gasteiger partial charge on any atom is -0.378 e. The molecule has 1 fully saturated rings. The minimum atomic E-state index is -0.0541. The molecule has 1 heterocycles. The fraction of sp³-hybridized carbons (Fsp3) is 0.889. The Morgan fingerprint density at radius 1 is 1.69 bits per heavy atom. The molecule has 0 radical (unpaired) electrons. The summed E-state index contributed by atoms with van der Waals surface area (Å²) in [7, 11) is 1.51. The molecule has 13 heavy (non-hydrogen) atoms. The lowest BCUT2D eigenvalue weighted by molar-refractivity contribution is -0.124. The molecular weight excluding hydrogens is 170 g/mol. The van der Waals surface area contributed by atoms with Gasteiger partial charge in [0.05, 0.1) is 6.10 Å². The van der Waals surface area contributed by atoms with Crippen LogP contribution in [0.1, 0.15) is 13.3 Å². The van der Waals surface area contributed by atoms with Crippen LogP contribution >= 0.6 is 0 Å². The Bertz CT molecular complexity index is 172. The smallest absolute Gasteiger partial charge is 0.245 e. The van der Waals surface area contributed by atoms with Gasteiger partial charge in [-0.25, -0.2) is 0 Å². The maximum atomic E-state index is 11.0. The highest BCUT2D eigenvalue weighted by Gasteiger charge is 2.24. The van der Waals surface area contributed by atoms with Crippen molar-refractivity contribution in [1.29, 1.82) is 0 Å². The van der Waals surface area contributed by atoms with E-state index in [-0.39, 0.29) is 18.6 Å². The van der Waals surface area contributed by atoms with E-state index in [9.17, 15) is 4.79 Å². The average molecular weight is 187 g/mol. The molecule has 0 aromatic carbocycles. The first-order valence-corrected chi connectivity index (χ1v) is 4.61. The van der Waals surface area contributed by atoms with Crippen molar-refractivity contribution in [3.63, 3.8) is 0 Å². The molecule has 4 nitrogen and oxygen atoms in total. The summed E-state index contributed by atoms with van der Waals surface area (Å²) in [4.78, 5) is 11.0. The van der Waals surface area contributed by atoms with Crippen LogP contribution in [0.3, 0.4) is 0 Å². The molecule has 4 heteroatoms. The molecule has 76 valence electrons. The molecule has 1 amide bonds. The summed E-state index contributed by atoms with van der Waals surface area (Å²) in [6.45, 7) is 3.69.